The fourth-order valence-corrected chi connectivity index (χ4v) is 2.57. The van der Waals surface area contributed by atoms with E-state index in [1.54, 1.807) is 6.07 Å². The van der Waals surface area contributed by atoms with E-state index in [0.29, 0.717) is 5.56 Å². The van der Waals surface area contributed by atoms with E-state index < -0.39 is 0 Å². The van der Waals surface area contributed by atoms with Gasteiger partial charge in [0.2, 0.25) is 0 Å². The summed E-state index contributed by atoms with van der Waals surface area (Å²) in [5.41, 5.74) is 3.21. The summed E-state index contributed by atoms with van der Waals surface area (Å²) < 4.78 is 6.01. The lowest BCUT2D eigenvalue weighted by Crippen LogP contribution is -2.03. The molecule has 0 aliphatic rings. The molecule has 0 bridgehead atoms. The molecule has 0 spiro atoms. The Kier molecular flexibility index (Phi) is 2.76. The van der Waals surface area contributed by atoms with E-state index in [0.717, 1.165) is 22.6 Å². The summed E-state index contributed by atoms with van der Waals surface area (Å²) >= 11 is 1.31. The maximum absolute atomic E-state index is 8.96. The molecule has 0 N–H and O–H groups in total. The number of fused-ring (bicyclic) bond motifs is 1. The van der Waals surface area contributed by atoms with Gasteiger partial charge in [-0.3, -0.25) is 0 Å². The fraction of sp³-hybridized carbons (Fsp3) is 0.231. The number of rotatable bonds is 2. The van der Waals surface area contributed by atoms with Gasteiger partial charge in [0.1, 0.15) is 5.69 Å². The molecule has 0 aliphatic carbocycles. The molecule has 0 amide bonds. The Morgan fingerprint density at radius 2 is 2.21 bits per heavy atom. The highest BCUT2D eigenvalue weighted by Gasteiger charge is 2.16. The molecule has 0 unspecified atom stereocenters. The zero-order valence-corrected chi connectivity index (χ0v) is 11.3. The Bertz CT molecular complexity index is 764. The SMILES string of the molecule is CC(C)n1c(-c2csnn2)nc2cc(C#N)ccc21. The largest absolute Gasteiger partial charge is 0.320 e. The topological polar surface area (TPSA) is 67.4 Å². The van der Waals surface area contributed by atoms with Gasteiger partial charge in [0.15, 0.2) is 5.82 Å². The van der Waals surface area contributed by atoms with Gasteiger partial charge < -0.3 is 4.57 Å². The highest BCUT2D eigenvalue weighted by Crippen LogP contribution is 2.28. The highest BCUT2D eigenvalue weighted by atomic mass is 32.1. The summed E-state index contributed by atoms with van der Waals surface area (Å²) in [6.45, 7) is 4.20. The van der Waals surface area contributed by atoms with E-state index >= 15 is 0 Å². The monoisotopic (exact) mass is 269 g/mol. The second kappa shape index (κ2) is 4.44. The summed E-state index contributed by atoms with van der Waals surface area (Å²) in [5, 5.41) is 14.9. The smallest absolute Gasteiger partial charge is 0.162 e. The van der Waals surface area contributed by atoms with Gasteiger partial charge in [-0.05, 0) is 43.6 Å². The first-order valence-corrected chi connectivity index (χ1v) is 6.74. The highest BCUT2D eigenvalue weighted by molar-refractivity contribution is 7.03. The van der Waals surface area contributed by atoms with Crippen LogP contribution >= 0.6 is 11.5 Å². The van der Waals surface area contributed by atoms with Crippen molar-refractivity contribution in [3.8, 4) is 17.6 Å². The maximum Gasteiger partial charge on any atom is 0.162 e. The molecule has 0 aliphatic heterocycles. The van der Waals surface area contributed by atoms with Crippen molar-refractivity contribution in [2.75, 3.05) is 0 Å². The molecule has 0 fully saturated rings. The zero-order valence-electron chi connectivity index (χ0n) is 10.5. The first kappa shape index (κ1) is 11.8. The summed E-state index contributed by atoms with van der Waals surface area (Å²) in [6, 6.07) is 7.94. The van der Waals surface area contributed by atoms with Crippen LogP contribution in [0.1, 0.15) is 25.5 Å². The van der Waals surface area contributed by atoms with Crippen LogP contribution in [0.25, 0.3) is 22.6 Å². The summed E-state index contributed by atoms with van der Waals surface area (Å²) in [7, 11) is 0. The first-order valence-electron chi connectivity index (χ1n) is 5.90. The minimum atomic E-state index is 0.259. The van der Waals surface area contributed by atoms with Crippen LogP contribution in [0.2, 0.25) is 0 Å². The van der Waals surface area contributed by atoms with E-state index in [1.807, 2.05) is 17.5 Å². The van der Waals surface area contributed by atoms with Crippen molar-refractivity contribution in [3.63, 3.8) is 0 Å². The number of nitrogens with zero attached hydrogens (tertiary/aromatic N) is 5. The fourth-order valence-electron chi connectivity index (χ4n) is 2.13. The van der Waals surface area contributed by atoms with Crippen molar-refractivity contribution in [2.24, 2.45) is 0 Å². The molecule has 0 saturated heterocycles. The Hall–Kier alpha value is -2.26. The van der Waals surface area contributed by atoms with Gasteiger partial charge in [-0.15, -0.1) is 5.10 Å². The molecule has 0 saturated carbocycles. The molecule has 6 heteroatoms. The Balaban J connectivity index is 2.33. The third kappa shape index (κ3) is 1.88. The van der Waals surface area contributed by atoms with Gasteiger partial charge in [0, 0.05) is 11.4 Å². The maximum atomic E-state index is 8.96. The number of benzene rings is 1. The van der Waals surface area contributed by atoms with Gasteiger partial charge in [-0.2, -0.15) is 5.26 Å². The predicted molar refractivity (Wildman–Crippen MR) is 73.7 cm³/mol. The zero-order chi connectivity index (χ0) is 13.4. The summed E-state index contributed by atoms with van der Waals surface area (Å²) in [4.78, 5) is 4.60. The molecule has 2 heterocycles. The molecular formula is C13H11N5S. The van der Waals surface area contributed by atoms with Crippen molar-refractivity contribution in [3.05, 3.63) is 29.1 Å². The molecule has 1 aromatic carbocycles. The van der Waals surface area contributed by atoms with Crippen molar-refractivity contribution in [1.29, 1.82) is 5.26 Å². The molecular weight excluding hydrogens is 258 g/mol. The normalized spacial score (nSPS) is 11.1. The van der Waals surface area contributed by atoms with E-state index in [-0.39, 0.29) is 6.04 Å². The number of imidazole rings is 1. The van der Waals surface area contributed by atoms with Crippen molar-refractivity contribution >= 4 is 22.6 Å². The van der Waals surface area contributed by atoms with Gasteiger partial charge in [0.05, 0.1) is 22.7 Å². The molecule has 5 nitrogen and oxygen atoms in total. The number of aromatic nitrogens is 4. The van der Waals surface area contributed by atoms with E-state index in [9.17, 15) is 0 Å². The Labute approximate surface area is 114 Å². The molecule has 3 rings (SSSR count). The lowest BCUT2D eigenvalue weighted by atomic mass is 10.2. The Morgan fingerprint density at radius 3 is 2.84 bits per heavy atom. The lowest BCUT2D eigenvalue weighted by molar-refractivity contribution is 0.623. The van der Waals surface area contributed by atoms with Crippen molar-refractivity contribution in [1.82, 2.24) is 19.1 Å². The third-order valence-corrected chi connectivity index (χ3v) is 3.43. The third-order valence-electron chi connectivity index (χ3n) is 2.92. The van der Waals surface area contributed by atoms with Crippen LogP contribution in [0.3, 0.4) is 0 Å². The quantitative estimate of drug-likeness (QED) is 0.717. The average Bonchev–Trinajstić information content (AvgIpc) is 3.04. The first-order chi connectivity index (χ1) is 9.20. The second-order valence-corrected chi connectivity index (χ2v) is 5.11. The van der Waals surface area contributed by atoms with Crippen LogP contribution in [-0.2, 0) is 0 Å². The van der Waals surface area contributed by atoms with Crippen LogP contribution in [0.5, 0.6) is 0 Å². The van der Waals surface area contributed by atoms with Crippen LogP contribution in [-0.4, -0.2) is 19.1 Å². The van der Waals surface area contributed by atoms with E-state index in [1.165, 1.54) is 11.5 Å². The molecule has 19 heavy (non-hydrogen) atoms. The number of hydrogen-bond acceptors (Lipinski definition) is 5. The molecule has 0 atom stereocenters. The molecule has 94 valence electrons. The van der Waals surface area contributed by atoms with Gasteiger partial charge >= 0.3 is 0 Å². The molecule has 2 aromatic heterocycles. The van der Waals surface area contributed by atoms with E-state index in [2.05, 4.69) is 39.1 Å². The summed E-state index contributed by atoms with van der Waals surface area (Å²) in [6.07, 6.45) is 0. The van der Waals surface area contributed by atoms with Crippen LogP contribution < -0.4 is 0 Å². The van der Waals surface area contributed by atoms with Crippen molar-refractivity contribution in [2.45, 2.75) is 19.9 Å². The van der Waals surface area contributed by atoms with E-state index in [4.69, 9.17) is 5.26 Å². The van der Waals surface area contributed by atoms with Crippen LogP contribution in [0, 0.1) is 11.3 Å². The average molecular weight is 269 g/mol. The minimum absolute atomic E-state index is 0.259. The van der Waals surface area contributed by atoms with Gasteiger partial charge in [-0.25, -0.2) is 4.98 Å². The van der Waals surface area contributed by atoms with Gasteiger partial charge in [0.25, 0.3) is 0 Å². The van der Waals surface area contributed by atoms with Gasteiger partial charge in [-0.1, -0.05) is 4.49 Å². The van der Waals surface area contributed by atoms with Crippen LogP contribution in [0.4, 0.5) is 0 Å². The number of hydrogen-bond donors (Lipinski definition) is 0. The second-order valence-electron chi connectivity index (χ2n) is 4.50. The summed E-state index contributed by atoms with van der Waals surface area (Å²) in [5.74, 6) is 0.800. The molecule has 3 aromatic rings. The minimum Gasteiger partial charge on any atom is -0.320 e. The number of nitriles is 1. The Morgan fingerprint density at radius 1 is 1.37 bits per heavy atom. The van der Waals surface area contributed by atoms with Crippen LogP contribution in [0.15, 0.2) is 23.6 Å². The van der Waals surface area contributed by atoms with Crippen molar-refractivity contribution < 1.29 is 0 Å². The predicted octanol–water partition coefficient (Wildman–Crippen LogP) is 3.01. The standard InChI is InChI=1S/C13H11N5S/c1-8(2)18-12-4-3-9(6-14)5-10(12)15-13(18)11-7-19-17-16-11/h3-5,7-8H,1-2H3. The lowest BCUT2D eigenvalue weighted by Gasteiger charge is -2.11. The molecule has 0 radical (unpaired) electrons.